The van der Waals surface area contributed by atoms with Crippen LogP contribution < -0.4 is 0 Å². The van der Waals surface area contributed by atoms with Gasteiger partial charge >= 0.3 is 5.97 Å². The monoisotopic (exact) mass is 240 g/mol. The van der Waals surface area contributed by atoms with Crippen LogP contribution in [0.1, 0.15) is 64.7 Å². The third kappa shape index (κ3) is 5.85. The fourth-order valence-corrected chi connectivity index (χ4v) is 2.44. The summed E-state index contributed by atoms with van der Waals surface area (Å²) in [6.07, 6.45) is 8.79. The molecule has 0 N–H and O–H groups in total. The van der Waals surface area contributed by atoms with Crippen LogP contribution in [0.15, 0.2) is 0 Å². The molecule has 0 amide bonds. The minimum Gasteiger partial charge on any atom is -0.466 e. The predicted octanol–water partition coefficient (Wildman–Crippen LogP) is 3.26. The molecular formula is C14H24O3. The lowest BCUT2D eigenvalue weighted by Gasteiger charge is -2.18. The van der Waals surface area contributed by atoms with Crippen molar-refractivity contribution in [2.75, 3.05) is 6.61 Å². The van der Waals surface area contributed by atoms with Crippen molar-refractivity contribution in [3.05, 3.63) is 0 Å². The highest BCUT2D eigenvalue weighted by atomic mass is 16.5. The van der Waals surface area contributed by atoms with Gasteiger partial charge in [-0.3, -0.25) is 9.59 Å². The molecule has 0 aromatic rings. The molecule has 1 aliphatic rings. The number of ketones is 1. The summed E-state index contributed by atoms with van der Waals surface area (Å²) >= 11 is 0. The van der Waals surface area contributed by atoms with E-state index in [1.54, 1.807) is 6.92 Å². The summed E-state index contributed by atoms with van der Waals surface area (Å²) in [5.74, 6) is 0.219. The van der Waals surface area contributed by atoms with E-state index in [0.29, 0.717) is 13.0 Å². The summed E-state index contributed by atoms with van der Waals surface area (Å²) in [6.45, 7) is 2.19. The Morgan fingerprint density at radius 2 is 1.59 bits per heavy atom. The minimum atomic E-state index is -0.244. The second-order valence-corrected chi connectivity index (χ2v) is 4.81. The van der Waals surface area contributed by atoms with E-state index in [-0.39, 0.29) is 24.1 Å². The van der Waals surface area contributed by atoms with Gasteiger partial charge in [0.1, 0.15) is 5.78 Å². The van der Waals surface area contributed by atoms with Gasteiger partial charge in [0.2, 0.25) is 0 Å². The molecular weight excluding hydrogens is 216 g/mol. The van der Waals surface area contributed by atoms with Crippen molar-refractivity contribution in [2.24, 2.45) is 5.92 Å². The van der Waals surface area contributed by atoms with Gasteiger partial charge in [0.15, 0.2) is 0 Å². The Bertz CT molecular complexity index is 240. The maximum Gasteiger partial charge on any atom is 0.306 e. The molecule has 3 heteroatoms. The molecule has 0 radical (unpaired) electrons. The van der Waals surface area contributed by atoms with Crippen LogP contribution in [-0.2, 0) is 14.3 Å². The van der Waals surface area contributed by atoms with Gasteiger partial charge in [-0.15, -0.1) is 0 Å². The second-order valence-electron chi connectivity index (χ2n) is 4.81. The Hall–Kier alpha value is -0.860. The van der Waals surface area contributed by atoms with Gasteiger partial charge in [0.05, 0.1) is 13.0 Å². The van der Waals surface area contributed by atoms with Crippen LogP contribution in [0.4, 0.5) is 0 Å². The van der Waals surface area contributed by atoms with Crippen molar-refractivity contribution >= 4 is 11.8 Å². The summed E-state index contributed by atoms with van der Waals surface area (Å²) < 4.78 is 4.83. The number of carbonyl (C=O) groups is 2. The number of hydrogen-bond donors (Lipinski definition) is 0. The zero-order valence-electron chi connectivity index (χ0n) is 10.9. The number of esters is 1. The summed E-state index contributed by atoms with van der Waals surface area (Å²) in [6, 6.07) is 0. The van der Waals surface area contributed by atoms with E-state index in [2.05, 4.69) is 0 Å². The maximum absolute atomic E-state index is 12.0. The number of ether oxygens (including phenoxy) is 1. The molecule has 0 saturated heterocycles. The van der Waals surface area contributed by atoms with Crippen LogP contribution in [-0.4, -0.2) is 18.4 Å². The molecule has 0 spiro atoms. The number of hydrogen-bond acceptors (Lipinski definition) is 3. The highest BCUT2D eigenvalue weighted by Gasteiger charge is 2.19. The first-order chi connectivity index (χ1) is 8.24. The average molecular weight is 240 g/mol. The lowest BCUT2D eigenvalue weighted by molar-refractivity contribution is -0.144. The molecule has 1 saturated carbocycles. The van der Waals surface area contributed by atoms with E-state index >= 15 is 0 Å². The second kappa shape index (κ2) is 8.26. The first kappa shape index (κ1) is 14.2. The molecule has 0 heterocycles. The van der Waals surface area contributed by atoms with Crippen molar-refractivity contribution in [3.8, 4) is 0 Å². The molecule has 0 aromatic heterocycles. The van der Waals surface area contributed by atoms with Crippen molar-refractivity contribution in [1.82, 2.24) is 0 Å². The number of rotatable bonds is 5. The smallest absolute Gasteiger partial charge is 0.306 e. The standard InChI is InChI=1S/C14H24O3/c1-2-17-14(16)11-10-13(15)12-8-6-4-3-5-7-9-12/h12H,2-11H2,1H3. The summed E-state index contributed by atoms with van der Waals surface area (Å²) in [5.41, 5.74) is 0. The predicted molar refractivity (Wildman–Crippen MR) is 66.7 cm³/mol. The summed E-state index contributed by atoms with van der Waals surface area (Å²) in [4.78, 5) is 23.1. The molecule has 0 aromatic carbocycles. The van der Waals surface area contributed by atoms with Crippen molar-refractivity contribution in [2.45, 2.75) is 64.7 Å². The van der Waals surface area contributed by atoms with Gasteiger partial charge < -0.3 is 4.74 Å². The van der Waals surface area contributed by atoms with E-state index in [4.69, 9.17) is 4.74 Å². The van der Waals surface area contributed by atoms with Crippen molar-refractivity contribution in [1.29, 1.82) is 0 Å². The molecule has 0 atom stereocenters. The first-order valence-electron chi connectivity index (χ1n) is 6.92. The average Bonchev–Trinajstić information content (AvgIpc) is 2.26. The van der Waals surface area contributed by atoms with Crippen LogP contribution in [0, 0.1) is 5.92 Å². The summed E-state index contributed by atoms with van der Waals surface area (Å²) in [7, 11) is 0. The highest BCUT2D eigenvalue weighted by molar-refractivity contribution is 5.84. The molecule has 1 rings (SSSR count). The normalized spacial score (nSPS) is 18.2. The minimum absolute atomic E-state index is 0.199. The maximum atomic E-state index is 12.0. The Morgan fingerprint density at radius 1 is 1.00 bits per heavy atom. The van der Waals surface area contributed by atoms with Crippen LogP contribution in [0.2, 0.25) is 0 Å². The van der Waals surface area contributed by atoms with Crippen LogP contribution in [0.25, 0.3) is 0 Å². The highest BCUT2D eigenvalue weighted by Crippen LogP contribution is 2.24. The Kier molecular flexibility index (Phi) is 6.90. The van der Waals surface area contributed by atoms with Crippen LogP contribution >= 0.6 is 0 Å². The van der Waals surface area contributed by atoms with Crippen molar-refractivity contribution < 1.29 is 14.3 Å². The van der Waals surface area contributed by atoms with Crippen LogP contribution in [0.3, 0.4) is 0 Å². The van der Waals surface area contributed by atoms with Gasteiger partial charge in [-0.05, 0) is 19.8 Å². The van der Waals surface area contributed by atoms with E-state index < -0.39 is 0 Å². The van der Waals surface area contributed by atoms with Gasteiger partial charge in [0.25, 0.3) is 0 Å². The van der Waals surface area contributed by atoms with E-state index in [0.717, 1.165) is 25.7 Å². The van der Waals surface area contributed by atoms with Gasteiger partial charge in [-0.25, -0.2) is 0 Å². The largest absolute Gasteiger partial charge is 0.466 e. The van der Waals surface area contributed by atoms with E-state index in [9.17, 15) is 9.59 Å². The lowest BCUT2D eigenvalue weighted by Crippen LogP contribution is -2.17. The Balaban J connectivity index is 2.27. The van der Waals surface area contributed by atoms with E-state index in [1.807, 2.05) is 0 Å². The lowest BCUT2D eigenvalue weighted by atomic mass is 9.87. The van der Waals surface area contributed by atoms with Crippen molar-refractivity contribution in [3.63, 3.8) is 0 Å². The van der Waals surface area contributed by atoms with Crippen LogP contribution in [0.5, 0.6) is 0 Å². The van der Waals surface area contributed by atoms with Gasteiger partial charge in [-0.2, -0.15) is 0 Å². The molecule has 0 aliphatic heterocycles. The molecule has 17 heavy (non-hydrogen) atoms. The zero-order valence-corrected chi connectivity index (χ0v) is 10.9. The fraction of sp³-hybridized carbons (Fsp3) is 0.857. The fourth-order valence-electron chi connectivity index (χ4n) is 2.44. The number of Topliss-reactive ketones (excluding diaryl/α,β-unsaturated/α-hetero) is 1. The topological polar surface area (TPSA) is 43.4 Å². The third-order valence-corrected chi connectivity index (χ3v) is 3.44. The zero-order chi connectivity index (χ0) is 12.5. The summed E-state index contributed by atoms with van der Waals surface area (Å²) in [5, 5.41) is 0. The first-order valence-corrected chi connectivity index (χ1v) is 6.92. The molecule has 3 nitrogen and oxygen atoms in total. The third-order valence-electron chi connectivity index (χ3n) is 3.44. The van der Waals surface area contributed by atoms with E-state index in [1.165, 1.54) is 19.3 Å². The molecule has 98 valence electrons. The SMILES string of the molecule is CCOC(=O)CCC(=O)C1CCCCCCC1. The molecule has 0 bridgehead atoms. The molecule has 1 fully saturated rings. The number of carbonyl (C=O) groups excluding carboxylic acids is 2. The quantitative estimate of drug-likeness (QED) is 0.693. The molecule has 0 unspecified atom stereocenters. The Labute approximate surface area is 104 Å². The Morgan fingerprint density at radius 3 is 2.18 bits per heavy atom. The van der Waals surface area contributed by atoms with Gasteiger partial charge in [-0.1, -0.05) is 32.1 Å². The molecule has 1 aliphatic carbocycles. The van der Waals surface area contributed by atoms with Gasteiger partial charge in [0, 0.05) is 12.3 Å².